The number of hydrogen-bond acceptors (Lipinski definition) is 4. The molecule has 2 heterocycles. The largest absolute Gasteiger partial charge is 0.435 e. The molecule has 2 aromatic carbocycles. The van der Waals surface area contributed by atoms with Gasteiger partial charge in [0.05, 0.1) is 17.2 Å². The lowest BCUT2D eigenvalue weighted by molar-refractivity contribution is -0.141. The summed E-state index contributed by atoms with van der Waals surface area (Å²) in [4.78, 5) is 0.0566. The first kappa shape index (κ1) is 20.6. The second-order valence-corrected chi connectivity index (χ2v) is 9.53. The molecule has 0 amide bonds. The lowest BCUT2D eigenvalue weighted by Gasteiger charge is -2.24. The first-order chi connectivity index (χ1) is 14.0. The lowest BCUT2D eigenvalue weighted by atomic mass is 9.88. The van der Waals surface area contributed by atoms with E-state index in [0.717, 1.165) is 23.4 Å². The van der Waals surface area contributed by atoms with Gasteiger partial charge in [0, 0.05) is 24.3 Å². The SMILES string of the molecule is CC1Cn2nc(C(F)(F)F)cc2-c2ccc(-c3ccc(CO)c(S(C)(=O)=O)c3)cc21. The van der Waals surface area contributed by atoms with Crippen molar-refractivity contribution in [2.45, 2.75) is 37.1 Å². The van der Waals surface area contributed by atoms with Crippen LogP contribution in [0.4, 0.5) is 13.2 Å². The van der Waals surface area contributed by atoms with Gasteiger partial charge in [0.2, 0.25) is 0 Å². The van der Waals surface area contributed by atoms with Crippen LogP contribution in [0.1, 0.15) is 29.7 Å². The van der Waals surface area contributed by atoms with Crippen molar-refractivity contribution in [2.24, 2.45) is 0 Å². The summed E-state index contributed by atoms with van der Waals surface area (Å²) in [7, 11) is -3.53. The summed E-state index contributed by atoms with van der Waals surface area (Å²) in [5.74, 6) is -0.0699. The van der Waals surface area contributed by atoms with Gasteiger partial charge in [-0.2, -0.15) is 18.3 Å². The summed E-state index contributed by atoms with van der Waals surface area (Å²) in [5, 5.41) is 13.1. The topological polar surface area (TPSA) is 72.2 Å². The second kappa shape index (κ2) is 6.95. The third-order valence-corrected chi connectivity index (χ3v) is 6.52. The Morgan fingerprint density at radius 1 is 1.13 bits per heavy atom. The molecule has 0 saturated heterocycles. The average Bonchev–Trinajstić information content (AvgIpc) is 3.11. The van der Waals surface area contributed by atoms with E-state index in [1.54, 1.807) is 24.3 Å². The van der Waals surface area contributed by atoms with Gasteiger partial charge < -0.3 is 5.11 Å². The van der Waals surface area contributed by atoms with E-state index >= 15 is 0 Å². The van der Waals surface area contributed by atoms with Gasteiger partial charge in [0.25, 0.3) is 0 Å². The van der Waals surface area contributed by atoms with Crippen LogP contribution in [0.2, 0.25) is 0 Å². The predicted molar refractivity (Wildman–Crippen MR) is 106 cm³/mol. The zero-order valence-corrected chi connectivity index (χ0v) is 17.0. The first-order valence-electron chi connectivity index (χ1n) is 9.22. The van der Waals surface area contributed by atoms with Crippen LogP contribution in [0.15, 0.2) is 47.4 Å². The van der Waals surface area contributed by atoms with Crippen molar-refractivity contribution >= 4 is 9.84 Å². The highest BCUT2D eigenvalue weighted by molar-refractivity contribution is 7.90. The summed E-state index contributed by atoms with van der Waals surface area (Å²) in [5.41, 5.74) is 2.76. The molecule has 1 unspecified atom stereocenters. The maximum absolute atomic E-state index is 13.1. The van der Waals surface area contributed by atoms with Crippen LogP contribution in [0.25, 0.3) is 22.4 Å². The standard InChI is InChI=1S/C21H19F3N2O3S/c1-12-10-26-18(9-20(25-26)21(22,23)24)16-6-5-13(7-17(12)16)14-3-4-15(11-27)19(8-14)30(2,28)29/h3-9,12,27H,10-11H2,1-2H3. The van der Waals surface area contributed by atoms with Crippen LogP contribution in [0.3, 0.4) is 0 Å². The number of alkyl halides is 3. The first-order valence-corrected chi connectivity index (χ1v) is 11.1. The number of hydrogen-bond donors (Lipinski definition) is 1. The number of fused-ring (bicyclic) bond motifs is 3. The fourth-order valence-electron chi connectivity index (χ4n) is 3.86. The summed E-state index contributed by atoms with van der Waals surface area (Å²) in [6.45, 7) is 1.84. The minimum atomic E-state index is -4.51. The van der Waals surface area contributed by atoms with E-state index in [2.05, 4.69) is 5.10 Å². The molecule has 158 valence electrons. The van der Waals surface area contributed by atoms with Gasteiger partial charge in [-0.3, -0.25) is 4.68 Å². The van der Waals surface area contributed by atoms with Gasteiger partial charge in [0.1, 0.15) is 0 Å². The Balaban J connectivity index is 1.83. The van der Waals surface area contributed by atoms with E-state index in [-0.39, 0.29) is 10.8 Å². The molecule has 4 rings (SSSR count). The second-order valence-electron chi connectivity index (χ2n) is 7.55. The smallest absolute Gasteiger partial charge is 0.392 e. The highest BCUT2D eigenvalue weighted by atomic mass is 32.2. The Labute approximate surface area is 171 Å². The van der Waals surface area contributed by atoms with E-state index in [9.17, 15) is 26.7 Å². The van der Waals surface area contributed by atoms with Crippen molar-refractivity contribution in [1.29, 1.82) is 0 Å². The van der Waals surface area contributed by atoms with Crippen LogP contribution >= 0.6 is 0 Å². The van der Waals surface area contributed by atoms with Crippen LogP contribution < -0.4 is 0 Å². The minimum Gasteiger partial charge on any atom is -0.392 e. The Bertz CT molecular complexity index is 1250. The molecule has 0 spiro atoms. The third-order valence-electron chi connectivity index (χ3n) is 5.35. The number of benzene rings is 2. The van der Waals surface area contributed by atoms with Crippen LogP contribution in [0, 0.1) is 0 Å². The molecular weight excluding hydrogens is 417 g/mol. The third kappa shape index (κ3) is 3.52. The quantitative estimate of drug-likeness (QED) is 0.666. The summed E-state index contributed by atoms with van der Waals surface area (Å²) < 4.78 is 64.8. The average molecular weight is 436 g/mol. The van der Waals surface area contributed by atoms with E-state index in [1.807, 2.05) is 13.0 Å². The van der Waals surface area contributed by atoms with Gasteiger partial charge in [-0.25, -0.2) is 8.42 Å². The Kier molecular flexibility index (Phi) is 4.78. The molecule has 0 bridgehead atoms. The lowest BCUT2D eigenvalue weighted by Crippen LogP contribution is -2.16. The number of sulfone groups is 1. The Hall–Kier alpha value is -2.65. The van der Waals surface area contributed by atoms with Crippen LogP contribution in [0.5, 0.6) is 0 Å². The normalized spacial score (nSPS) is 16.3. The maximum atomic E-state index is 13.1. The molecule has 3 aromatic rings. The van der Waals surface area contributed by atoms with Crippen molar-refractivity contribution in [3.05, 3.63) is 59.3 Å². The molecule has 5 nitrogen and oxygen atoms in total. The number of halogens is 3. The molecule has 1 aliphatic heterocycles. The molecule has 1 aromatic heterocycles. The van der Waals surface area contributed by atoms with E-state index in [0.29, 0.717) is 28.9 Å². The van der Waals surface area contributed by atoms with Gasteiger partial charge >= 0.3 is 6.18 Å². The zero-order valence-electron chi connectivity index (χ0n) is 16.2. The van der Waals surface area contributed by atoms with Crippen molar-refractivity contribution < 1.29 is 26.7 Å². The maximum Gasteiger partial charge on any atom is 0.435 e. The minimum absolute atomic E-state index is 0.0566. The molecule has 30 heavy (non-hydrogen) atoms. The number of rotatable bonds is 3. The fraction of sp³-hybridized carbons (Fsp3) is 0.286. The number of aromatic nitrogens is 2. The van der Waals surface area contributed by atoms with Gasteiger partial charge in [-0.15, -0.1) is 0 Å². The molecule has 0 fully saturated rings. The summed E-state index contributed by atoms with van der Waals surface area (Å²) >= 11 is 0. The molecule has 0 radical (unpaired) electrons. The molecule has 1 aliphatic rings. The van der Waals surface area contributed by atoms with Crippen molar-refractivity contribution in [2.75, 3.05) is 6.26 Å². The van der Waals surface area contributed by atoms with E-state index in [1.165, 1.54) is 10.7 Å². The number of aliphatic hydroxyl groups excluding tert-OH is 1. The molecule has 9 heteroatoms. The van der Waals surface area contributed by atoms with Crippen molar-refractivity contribution in [3.8, 4) is 22.4 Å². The Morgan fingerprint density at radius 2 is 1.80 bits per heavy atom. The predicted octanol–water partition coefficient (Wildman–Crippen LogP) is 4.25. The molecule has 0 aliphatic carbocycles. The molecule has 1 N–H and O–H groups in total. The van der Waals surface area contributed by atoms with Crippen LogP contribution in [-0.2, 0) is 29.2 Å². The van der Waals surface area contributed by atoms with Crippen LogP contribution in [-0.4, -0.2) is 29.6 Å². The van der Waals surface area contributed by atoms with Crippen molar-refractivity contribution in [1.82, 2.24) is 9.78 Å². The molecule has 1 atom stereocenters. The monoisotopic (exact) mass is 436 g/mol. The number of nitrogens with zero attached hydrogens (tertiary/aromatic N) is 2. The van der Waals surface area contributed by atoms with Gasteiger partial charge in [0.15, 0.2) is 15.5 Å². The number of aliphatic hydroxyl groups is 1. The molecule has 0 saturated carbocycles. The van der Waals surface area contributed by atoms with E-state index < -0.39 is 28.3 Å². The zero-order chi connectivity index (χ0) is 21.8. The summed E-state index contributed by atoms with van der Waals surface area (Å²) in [6.07, 6.45) is -3.43. The Morgan fingerprint density at radius 3 is 2.43 bits per heavy atom. The molecular formula is C21H19F3N2O3S. The summed E-state index contributed by atoms with van der Waals surface area (Å²) in [6, 6.07) is 11.2. The highest BCUT2D eigenvalue weighted by Crippen LogP contribution is 2.41. The van der Waals surface area contributed by atoms with Gasteiger partial charge in [-0.1, -0.05) is 37.3 Å². The van der Waals surface area contributed by atoms with Gasteiger partial charge in [-0.05, 0) is 34.4 Å². The van der Waals surface area contributed by atoms with E-state index in [4.69, 9.17) is 0 Å². The fourth-order valence-corrected chi connectivity index (χ4v) is 4.81. The highest BCUT2D eigenvalue weighted by Gasteiger charge is 2.36. The van der Waals surface area contributed by atoms with Crippen molar-refractivity contribution in [3.63, 3.8) is 0 Å².